The third-order valence-electron chi connectivity index (χ3n) is 4.12. The number of carbonyl (C=O) groups is 2. The van der Waals surface area contributed by atoms with Crippen LogP contribution in [0.1, 0.15) is 29.3 Å². The number of nitrogens with two attached hydrogens (primary N) is 1. The first-order chi connectivity index (χ1) is 13.9. The van der Waals surface area contributed by atoms with Crippen LogP contribution in [-0.4, -0.2) is 38.3 Å². The fourth-order valence-corrected chi connectivity index (χ4v) is 2.56. The molecule has 0 unspecified atom stereocenters. The number of carbonyl (C=O) groups excluding carboxylic acids is 2. The van der Waals surface area contributed by atoms with Crippen molar-refractivity contribution in [1.82, 2.24) is 10.7 Å². The molecule has 4 N–H and O–H groups in total. The van der Waals surface area contributed by atoms with Gasteiger partial charge in [-0.05, 0) is 55.3 Å². The SMILES string of the molecule is COc1ccc(CCNC(=O)C/C(C)=N\NC(=O)c2ccc(N)cc2)cc1OC. The first-order valence-corrected chi connectivity index (χ1v) is 9.09. The molecular weight excluding hydrogens is 372 g/mol. The van der Waals surface area contributed by atoms with Gasteiger partial charge >= 0.3 is 0 Å². The summed E-state index contributed by atoms with van der Waals surface area (Å²) in [6.07, 6.45) is 0.740. The summed E-state index contributed by atoms with van der Waals surface area (Å²) in [5.41, 5.74) is 10.6. The fourth-order valence-electron chi connectivity index (χ4n) is 2.56. The lowest BCUT2D eigenvalue weighted by molar-refractivity contribution is -0.119. The average Bonchev–Trinajstić information content (AvgIpc) is 2.72. The van der Waals surface area contributed by atoms with Gasteiger partial charge in [0.25, 0.3) is 5.91 Å². The van der Waals surface area contributed by atoms with Crippen molar-refractivity contribution in [3.8, 4) is 11.5 Å². The molecule has 0 saturated heterocycles. The summed E-state index contributed by atoms with van der Waals surface area (Å²) in [5.74, 6) is 0.774. The van der Waals surface area contributed by atoms with Crippen LogP contribution < -0.4 is 25.9 Å². The van der Waals surface area contributed by atoms with Crippen LogP contribution in [0.25, 0.3) is 0 Å². The number of amides is 2. The maximum Gasteiger partial charge on any atom is 0.271 e. The predicted octanol–water partition coefficient (Wildman–Crippen LogP) is 2.14. The third-order valence-corrected chi connectivity index (χ3v) is 4.12. The van der Waals surface area contributed by atoms with E-state index in [0.717, 1.165) is 5.56 Å². The fraction of sp³-hybridized carbons (Fsp3) is 0.286. The minimum absolute atomic E-state index is 0.0912. The summed E-state index contributed by atoms with van der Waals surface area (Å²) < 4.78 is 10.5. The van der Waals surface area contributed by atoms with E-state index in [4.69, 9.17) is 15.2 Å². The highest BCUT2D eigenvalue weighted by atomic mass is 16.5. The number of benzene rings is 2. The number of methoxy groups -OCH3 is 2. The van der Waals surface area contributed by atoms with Gasteiger partial charge in [0.05, 0.1) is 20.6 Å². The molecule has 0 aromatic heterocycles. The van der Waals surface area contributed by atoms with Crippen LogP contribution in [0.3, 0.4) is 0 Å². The summed E-state index contributed by atoms with van der Waals surface area (Å²) in [5, 5.41) is 6.80. The number of anilines is 1. The maximum atomic E-state index is 12.1. The summed E-state index contributed by atoms with van der Waals surface area (Å²) in [6.45, 7) is 2.15. The first kappa shape index (κ1) is 21.7. The summed E-state index contributed by atoms with van der Waals surface area (Å²) in [4.78, 5) is 24.1. The summed E-state index contributed by atoms with van der Waals surface area (Å²) in [6, 6.07) is 12.1. The molecule has 8 nitrogen and oxygen atoms in total. The van der Waals surface area contributed by atoms with Crippen molar-refractivity contribution in [2.75, 3.05) is 26.5 Å². The van der Waals surface area contributed by atoms with E-state index in [-0.39, 0.29) is 18.2 Å². The Morgan fingerprint density at radius 3 is 2.38 bits per heavy atom. The van der Waals surface area contributed by atoms with Crippen molar-refractivity contribution in [3.63, 3.8) is 0 Å². The van der Waals surface area contributed by atoms with Gasteiger partial charge in [-0.15, -0.1) is 0 Å². The summed E-state index contributed by atoms with van der Waals surface area (Å²) >= 11 is 0. The van der Waals surface area contributed by atoms with E-state index in [1.54, 1.807) is 45.4 Å². The Hall–Kier alpha value is -3.55. The lowest BCUT2D eigenvalue weighted by atomic mass is 10.1. The molecule has 0 radical (unpaired) electrons. The normalized spacial score (nSPS) is 10.9. The Morgan fingerprint density at radius 1 is 1.03 bits per heavy atom. The van der Waals surface area contributed by atoms with E-state index in [9.17, 15) is 9.59 Å². The molecule has 154 valence electrons. The molecular formula is C21H26N4O4. The molecule has 0 atom stereocenters. The molecule has 0 aliphatic carbocycles. The zero-order valence-electron chi connectivity index (χ0n) is 16.8. The van der Waals surface area contributed by atoms with Crippen LogP contribution in [0, 0.1) is 0 Å². The van der Waals surface area contributed by atoms with E-state index in [1.165, 1.54) is 0 Å². The van der Waals surface area contributed by atoms with Crippen molar-refractivity contribution in [2.24, 2.45) is 5.10 Å². The highest BCUT2D eigenvalue weighted by Crippen LogP contribution is 2.27. The molecule has 0 bridgehead atoms. The Morgan fingerprint density at radius 2 is 1.72 bits per heavy atom. The number of nitrogens with one attached hydrogen (secondary N) is 2. The second-order valence-electron chi connectivity index (χ2n) is 6.38. The largest absolute Gasteiger partial charge is 0.493 e. The molecule has 0 saturated carbocycles. The molecule has 0 aliphatic heterocycles. The molecule has 0 heterocycles. The topological polar surface area (TPSA) is 115 Å². The number of nitrogens with zero attached hydrogens (tertiary/aromatic N) is 1. The molecule has 29 heavy (non-hydrogen) atoms. The van der Waals surface area contributed by atoms with Gasteiger partial charge in [-0.1, -0.05) is 6.07 Å². The molecule has 2 aromatic carbocycles. The zero-order chi connectivity index (χ0) is 21.2. The highest BCUT2D eigenvalue weighted by Gasteiger charge is 2.08. The zero-order valence-corrected chi connectivity index (χ0v) is 16.8. The Kier molecular flexibility index (Phi) is 8.02. The molecule has 0 spiro atoms. The second kappa shape index (κ2) is 10.7. The Balaban J connectivity index is 1.77. The van der Waals surface area contributed by atoms with Gasteiger partial charge in [-0.3, -0.25) is 9.59 Å². The van der Waals surface area contributed by atoms with Crippen LogP contribution in [0.4, 0.5) is 5.69 Å². The first-order valence-electron chi connectivity index (χ1n) is 9.09. The predicted molar refractivity (Wildman–Crippen MR) is 112 cm³/mol. The van der Waals surface area contributed by atoms with Crippen molar-refractivity contribution in [2.45, 2.75) is 19.8 Å². The lowest BCUT2D eigenvalue weighted by Crippen LogP contribution is -2.28. The van der Waals surface area contributed by atoms with Crippen molar-refractivity contribution in [1.29, 1.82) is 0 Å². The number of hydrogen-bond donors (Lipinski definition) is 3. The Labute approximate surface area is 170 Å². The smallest absolute Gasteiger partial charge is 0.271 e. The van der Waals surface area contributed by atoms with E-state index in [0.29, 0.717) is 41.4 Å². The van der Waals surface area contributed by atoms with E-state index >= 15 is 0 Å². The van der Waals surface area contributed by atoms with Crippen LogP contribution in [0.15, 0.2) is 47.6 Å². The summed E-state index contributed by atoms with van der Waals surface area (Å²) in [7, 11) is 3.16. The maximum absolute atomic E-state index is 12.1. The van der Waals surface area contributed by atoms with Crippen LogP contribution in [-0.2, 0) is 11.2 Å². The number of rotatable bonds is 9. The number of nitrogen functional groups attached to an aromatic ring is 1. The van der Waals surface area contributed by atoms with Gasteiger partial charge < -0.3 is 20.5 Å². The standard InChI is InChI=1S/C21H26N4O4/c1-14(24-25-21(27)16-5-7-17(22)8-6-16)12-20(26)23-11-10-15-4-9-18(28-2)19(13-15)29-3/h4-9,13H,10-12,22H2,1-3H3,(H,23,26)(H,25,27)/b24-14-. The van der Waals surface area contributed by atoms with Crippen LogP contribution in [0.2, 0.25) is 0 Å². The van der Waals surface area contributed by atoms with Gasteiger partial charge in [-0.25, -0.2) is 5.43 Å². The van der Waals surface area contributed by atoms with E-state index < -0.39 is 0 Å². The lowest BCUT2D eigenvalue weighted by Gasteiger charge is -2.10. The molecule has 8 heteroatoms. The molecule has 2 rings (SSSR count). The third kappa shape index (κ3) is 6.84. The van der Waals surface area contributed by atoms with E-state index in [2.05, 4.69) is 15.8 Å². The van der Waals surface area contributed by atoms with Crippen molar-refractivity contribution < 1.29 is 19.1 Å². The van der Waals surface area contributed by atoms with Crippen LogP contribution in [0.5, 0.6) is 11.5 Å². The quantitative estimate of drug-likeness (QED) is 0.340. The monoisotopic (exact) mass is 398 g/mol. The minimum Gasteiger partial charge on any atom is -0.493 e. The van der Waals surface area contributed by atoms with Crippen LogP contribution >= 0.6 is 0 Å². The van der Waals surface area contributed by atoms with Crippen molar-refractivity contribution in [3.05, 3.63) is 53.6 Å². The molecule has 2 aromatic rings. The van der Waals surface area contributed by atoms with Crippen molar-refractivity contribution >= 4 is 23.2 Å². The van der Waals surface area contributed by atoms with Gasteiger partial charge in [0.15, 0.2) is 11.5 Å². The van der Waals surface area contributed by atoms with Gasteiger partial charge in [-0.2, -0.15) is 5.10 Å². The van der Waals surface area contributed by atoms with Gasteiger partial charge in [0, 0.05) is 23.5 Å². The Bertz CT molecular complexity index is 879. The molecule has 0 fully saturated rings. The number of hydrazone groups is 1. The number of ether oxygens (including phenoxy) is 2. The van der Waals surface area contributed by atoms with Gasteiger partial charge in [0.1, 0.15) is 0 Å². The second-order valence-corrected chi connectivity index (χ2v) is 6.38. The van der Waals surface area contributed by atoms with E-state index in [1.807, 2.05) is 18.2 Å². The average molecular weight is 398 g/mol. The van der Waals surface area contributed by atoms with Gasteiger partial charge in [0.2, 0.25) is 5.91 Å². The molecule has 0 aliphatic rings. The number of hydrogen-bond acceptors (Lipinski definition) is 6. The highest BCUT2D eigenvalue weighted by molar-refractivity contribution is 6.01. The molecule has 2 amide bonds. The minimum atomic E-state index is -0.363.